The molecule has 8 heteroatoms. The van der Waals surface area contributed by atoms with Crippen LogP contribution in [-0.4, -0.2) is 50.4 Å². The second kappa shape index (κ2) is 5.46. The van der Waals surface area contributed by atoms with Crippen LogP contribution >= 0.6 is 11.6 Å². The Balaban J connectivity index is 1.90. The lowest BCUT2D eigenvalue weighted by Crippen LogP contribution is -2.37. The fourth-order valence-electron chi connectivity index (χ4n) is 2.53. The van der Waals surface area contributed by atoms with Gasteiger partial charge in [0.15, 0.2) is 0 Å². The Bertz CT molecular complexity index is 575. The fraction of sp³-hybridized carbons (Fsp3) is 0.667. The van der Waals surface area contributed by atoms with Gasteiger partial charge in [-0.2, -0.15) is 0 Å². The average Bonchev–Trinajstić information content (AvgIpc) is 3.19. The summed E-state index contributed by atoms with van der Waals surface area (Å²) in [4.78, 5) is 10.6. The number of rotatable bonds is 4. The third kappa shape index (κ3) is 2.89. The summed E-state index contributed by atoms with van der Waals surface area (Å²) in [5, 5.41) is 0.177. The first-order chi connectivity index (χ1) is 9.59. The number of halogens is 1. The molecule has 0 N–H and O–H groups in total. The van der Waals surface area contributed by atoms with Crippen LogP contribution in [0.4, 0.5) is 5.82 Å². The molecule has 0 unspecified atom stereocenters. The highest BCUT2D eigenvalue weighted by molar-refractivity contribution is 7.72. The van der Waals surface area contributed by atoms with Crippen molar-refractivity contribution >= 4 is 28.1 Å². The first-order valence-electron chi connectivity index (χ1n) is 6.59. The number of thiol groups is 1. The molecule has 110 valence electrons. The minimum atomic E-state index is -2.42. The maximum absolute atomic E-state index is 11.0. The van der Waals surface area contributed by atoms with Gasteiger partial charge in [0, 0.05) is 24.6 Å². The normalized spacial score (nSPS) is 21.2. The predicted octanol–water partition coefficient (Wildman–Crippen LogP) is 0.610. The van der Waals surface area contributed by atoms with Crippen molar-refractivity contribution in [2.75, 3.05) is 37.0 Å². The molecule has 1 aliphatic heterocycles. The number of aromatic nitrogens is 2. The molecule has 2 aliphatic rings. The molecule has 1 saturated heterocycles. The first-order valence-corrected chi connectivity index (χ1v) is 8.33. The Morgan fingerprint density at radius 1 is 1.30 bits per heavy atom. The van der Waals surface area contributed by atoms with E-state index in [1.165, 1.54) is 0 Å². The summed E-state index contributed by atoms with van der Waals surface area (Å²) in [5.41, 5.74) is 0.404. The molecule has 0 bridgehead atoms. The van der Waals surface area contributed by atoms with Gasteiger partial charge >= 0.3 is 0 Å². The van der Waals surface area contributed by atoms with Crippen LogP contribution in [0.25, 0.3) is 0 Å². The van der Waals surface area contributed by atoms with Gasteiger partial charge in [0.1, 0.15) is 16.5 Å². The summed E-state index contributed by atoms with van der Waals surface area (Å²) >= 11 is 6.01. The van der Waals surface area contributed by atoms with Crippen molar-refractivity contribution < 1.29 is 13.2 Å². The maximum atomic E-state index is 11.0. The van der Waals surface area contributed by atoms with Crippen LogP contribution < -0.4 is 4.90 Å². The zero-order valence-electron chi connectivity index (χ0n) is 10.9. The van der Waals surface area contributed by atoms with E-state index in [2.05, 4.69) is 14.9 Å². The second-order valence-electron chi connectivity index (χ2n) is 5.25. The van der Waals surface area contributed by atoms with Crippen molar-refractivity contribution in [3.63, 3.8) is 0 Å². The molecule has 1 aliphatic carbocycles. The van der Waals surface area contributed by atoms with Crippen molar-refractivity contribution in [2.45, 2.75) is 18.3 Å². The standard InChI is InChI=1S/C12H16ClN3O3S/c13-11-14-9(12(1-2-12)8-20(17)18)7-10(15-11)16-3-5-19-6-4-16/h7,20H,1-6,8H2. The van der Waals surface area contributed by atoms with E-state index in [1.807, 2.05) is 6.07 Å². The maximum Gasteiger partial charge on any atom is 0.224 e. The lowest BCUT2D eigenvalue weighted by molar-refractivity contribution is 0.122. The van der Waals surface area contributed by atoms with E-state index >= 15 is 0 Å². The molecule has 0 amide bonds. The van der Waals surface area contributed by atoms with Crippen molar-refractivity contribution in [1.29, 1.82) is 0 Å². The molecule has 20 heavy (non-hydrogen) atoms. The second-order valence-corrected chi connectivity index (χ2v) is 6.57. The van der Waals surface area contributed by atoms with Gasteiger partial charge in [-0.05, 0) is 24.4 Å². The molecule has 1 aromatic rings. The molecule has 2 heterocycles. The van der Waals surface area contributed by atoms with Crippen LogP contribution in [0.15, 0.2) is 6.07 Å². The SMILES string of the molecule is O=[SH](=O)CC1(c2cc(N3CCOCC3)nc(Cl)n2)CC1. The van der Waals surface area contributed by atoms with E-state index in [0.717, 1.165) is 37.4 Å². The van der Waals surface area contributed by atoms with Gasteiger partial charge in [-0.3, -0.25) is 0 Å². The highest BCUT2D eigenvalue weighted by atomic mass is 35.5. The van der Waals surface area contributed by atoms with Gasteiger partial charge in [0.05, 0.1) is 24.7 Å². The quantitative estimate of drug-likeness (QED) is 0.648. The highest BCUT2D eigenvalue weighted by Gasteiger charge is 2.47. The van der Waals surface area contributed by atoms with Gasteiger partial charge in [0.2, 0.25) is 5.28 Å². The molecule has 1 saturated carbocycles. The van der Waals surface area contributed by atoms with Gasteiger partial charge in [-0.15, -0.1) is 0 Å². The van der Waals surface area contributed by atoms with Crippen LogP contribution in [-0.2, 0) is 20.9 Å². The van der Waals surface area contributed by atoms with E-state index in [-0.39, 0.29) is 16.5 Å². The molecule has 0 atom stereocenters. The number of ether oxygens (including phenoxy) is 1. The monoisotopic (exact) mass is 317 g/mol. The lowest BCUT2D eigenvalue weighted by atomic mass is 10.1. The molecule has 0 radical (unpaired) electrons. The van der Waals surface area contributed by atoms with Crippen molar-refractivity contribution in [1.82, 2.24) is 9.97 Å². The van der Waals surface area contributed by atoms with E-state index in [0.29, 0.717) is 13.2 Å². The van der Waals surface area contributed by atoms with Crippen molar-refractivity contribution in [3.05, 3.63) is 17.0 Å². The van der Waals surface area contributed by atoms with Crippen molar-refractivity contribution in [3.8, 4) is 0 Å². The number of anilines is 1. The minimum absolute atomic E-state index is 0.137. The fourth-order valence-corrected chi connectivity index (χ4v) is 3.68. The number of hydrogen-bond donors (Lipinski definition) is 1. The molecule has 1 aromatic heterocycles. The Hall–Kier alpha value is -0.920. The van der Waals surface area contributed by atoms with E-state index in [9.17, 15) is 8.42 Å². The van der Waals surface area contributed by atoms with Crippen LogP contribution in [0.1, 0.15) is 18.5 Å². The van der Waals surface area contributed by atoms with Crippen molar-refractivity contribution in [2.24, 2.45) is 0 Å². The topological polar surface area (TPSA) is 72.4 Å². The highest BCUT2D eigenvalue weighted by Crippen LogP contribution is 2.48. The van der Waals surface area contributed by atoms with E-state index in [1.54, 1.807) is 0 Å². The third-order valence-electron chi connectivity index (χ3n) is 3.85. The molecule has 0 aromatic carbocycles. The summed E-state index contributed by atoms with van der Waals surface area (Å²) in [6.45, 7) is 2.84. The van der Waals surface area contributed by atoms with Gasteiger partial charge in [0.25, 0.3) is 0 Å². The Morgan fingerprint density at radius 3 is 2.60 bits per heavy atom. The Labute approximate surface area is 124 Å². The van der Waals surface area contributed by atoms with Crippen LogP contribution in [0.2, 0.25) is 5.28 Å². The number of morpholine rings is 1. The summed E-state index contributed by atoms with van der Waals surface area (Å²) in [6.07, 6.45) is 1.68. The molecule has 6 nitrogen and oxygen atoms in total. The third-order valence-corrected chi connectivity index (χ3v) is 4.88. The molecule has 2 fully saturated rings. The Kier molecular flexibility index (Phi) is 3.83. The van der Waals surface area contributed by atoms with Crippen LogP contribution in [0, 0.1) is 0 Å². The summed E-state index contributed by atoms with van der Waals surface area (Å²) < 4.78 is 27.4. The molecular formula is C12H16ClN3O3S. The summed E-state index contributed by atoms with van der Waals surface area (Å²) in [6, 6.07) is 1.88. The minimum Gasteiger partial charge on any atom is -0.378 e. The van der Waals surface area contributed by atoms with Gasteiger partial charge in [-0.25, -0.2) is 18.4 Å². The van der Waals surface area contributed by atoms with Crippen LogP contribution in [0.5, 0.6) is 0 Å². The summed E-state index contributed by atoms with van der Waals surface area (Å²) in [5.74, 6) is 0.897. The zero-order valence-corrected chi connectivity index (χ0v) is 12.6. The van der Waals surface area contributed by atoms with E-state index < -0.39 is 10.7 Å². The molecular weight excluding hydrogens is 302 g/mol. The molecule has 0 spiro atoms. The lowest BCUT2D eigenvalue weighted by Gasteiger charge is -2.28. The number of nitrogens with zero attached hydrogens (tertiary/aromatic N) is 3. The van der Waals surface area contributed by atoms with Crippen LogP contribution in [0.3, 0.4) is 0 Å². The Morgan fingerprint density at radius 2 is 2.00 bits per heavy atom. The largest absolute Gasteiger partial charge is 0.378 e. The predicted molar refractivity (Wildman–Crippen MR) is 76.2 cm³/mol. The van der Waals surface area contributed by atoms with Gasteiger partial charge in [-0.1, -0.05) is 0 Å². The average molecular weight is 318 g/mol. The zero-order chi connectivity index (χ0) is 14.2. The number of hydrogen-bond acceptors (Lipinski definition) is 6. The molecule has 3 rings (SSSR count). The summed E-state index contributed by atoms with van der Waals surface area (Å²) in [7, 11) is -2.42. The van der Waals surface area contributed by atoms with E-state index in [4.69, 9.17) is 16.3 Å². The smallest absolute Gasteiger partial charge is 0.224 e. The first kappa shape index (κ1) is 14.0. The van der Waals surface area contributed by atoms with Gasteiger partial charge < -0.3 is 9.64 Å².